The molecule has 0 radical (unpaired) electrons. The third-order valence-corrected chi connectivity index (χ3v) is 2.18. The van der Waals surface area contributed by atoms with Crippen molar-refractivity contribution in [3.63, 3.8) is 0 Å². The highest BCUT2D eigenvalue weighted by atomic mass is 19.3. The van der Waals surface area contributed by atoms with Crippen LogP contribution in [0.15, 0.2) is 6.07 Å². The number of aromatic nitrogens is 1. The molecule has 17 heavy (non-hydrogen) atoms. The summed E-state index contributed by atoms with van der Waals surface area (Å²) in [6.45, 7) is 3.23. The number of hydrogen-bond donors (Lipinski definition) is 0. The molecule has 0 bridgehead atoms. The number of rotatable bonds is 4. The normalized spacial score (nSPS) is 10.7. The third kappa shape index (κ3) is 3.44. The Morgan fingerprint density at radius 2 is 2.18 bits per heavy atom. The Bertz CT molecular complexity index is 421. The van der Waals surface area contributed by atoms with Crippen LogP contribution in [0, 0.1) is 12.9 Å². The lowest BCUT2D eigenvalue weighted by atomic mass is 10.0. The lowest BCUT2D eigenvalue weighted by Gasteiger charge is -2.10. The van der Waals surface area contributed by atoms with Crippen molar-refractivity contribution in [3.8, 4) is 0 Å². The Labute approximate surface area is 96.6 Å². The number of carbonyl (C=O) groups is 1. The zero-order valence-electron chi connectivity index (χ0n) is 9.47. The molecule has 0 aliphatic heterocycles. The van der Waals surface area contributed by atoms with Crippen LogP contribution in [0.5, 0.6) is 0 Å². The summed E-state index contributed by atoms with van der Waals surface area (Å²) in [7, 11) is 0. The number of carbonyl (C=O) groups excluding carboxylic acids is 1. The lowest BCUT2D eigenvalue weighted by molar-refractivity contribution is -0.142. The summed E-state index contributed by atoms with van der Waals surface area (Å²) in [6, 6.07) is 1.01. The number of nitrogens with zero attached hydrogens (tertiary/aromatic N) is 1. The maximum Gasteiger partial charge on any atom is 0.310 e. The van der Waals surface area contributed by atoms with Gasteiger partial charge in [0.15, 0.2) is 0 Å². The molecule has 1 aromatic rings. The summed E-state index contributed by atoms with van der Waals surface area (Å²) in [4.78, 5) is 14.4. The Morgan fingerprint density at radius 1 is 1.53 bits per heavy atom. The minimum atomic E-state index is -2.92. The first kappa shape index (κ1) is 13.5. The fraction of sp³-hybridized carbons (Fsp3) is 0.455. The number of ether oxygens (including phenoxy) is 1. The van der Waals surface area contributed by atoms with Crippen molar-refractivity contribution in [1.82, 2.24) is 4.98 Å². The van der Waals surface area contributed by atoms with Crippen LogP contribution in [0.2, 0.25) is 0 Å². The Hall–Kier alpha value is -1.59. The van der Waals surface area contributed by atoms with Gasteiger partial charge in [-0.25, -0.2) is 13.8 Å². The lowest BCUT2D eigenvalue weighted by Crippen LogP contribution is -2.12. The van der Waals surface area contributed by atoms with E-state index in [-0.39, 0.29) is 24.2 Å². The highest BCUT2D eigenvalue weighted by Gasteiger charge is 2.20. The highest BCUT2D eigenvalue weighted by Crippen LogP contribution is 2.24. The van der Waals surface area contributed by atoms with Gasteiger partial charge in [-0.2, -0.15) is 4.39 Å². The van der Waals surface area contributed by atoms with Gasteiger partial charge in [-0.05, 0) is 31.0 Å². The molecule has 0 unspecified atom stereocenters. The van der Waals surface area contributed by atoms with Crippen molar-refractivity contribution in [3.05, 3.63) is 28.8 Å². The van der Waals surface area contributed by atoms with Crippen molar-refractivity contribution in [2.75, 3.05) is 6.61 Å². The number of halogens is 3. The molecule has 0 fully saturated rings. The molecule has 0 aliphatic rings. The molecule has 3 nitrogen and oxygen atoms in total. The van der Waals surface area contributed by atoms with E-state index in [1.807, 2.05) is 0 Å². The molecule has 94 valence electrons. The van der Waals surface area contributed by atoms with E-state index in [9.17, 15) is 18.0 Å². The highest BCUT2D eigenvalue weighted by molar-refractivity contribution is 5.73. The first-order valence-corrected chi connectivity index (χ1v) is 5.05. The molecule has 0 atom stereocenters. The minimum absolute atomic E-state index is 0.0276. The van der Waals surface area contributed by atoms with Crippen molar-refractivity contribution in [1.29, 1.82) is 0 Å². The summed E-state index contributed by atoms with van der Waals surface area (Å²) >= 11 is 0. The van der Waals surface area contributed by atoms with Crippen LogP contribution in [0.3, 0.4) is 0 Å². The summed E-state index contributed by atoms with van der Waals surface area (Å²) in [5, 5.41) is 0. The molecule has 0 aromatic carbocycles. The Morgan fingerprint density at radius 3 is 2.71 bits per heavy atom. The first-order valence-electron chi connectivity index (χ1n) is 5.05. The van der Waals surface area contributed by atoms with Crippen LogP contribution in [0.1, 0.15) is 30.2 Å². The van der Waals surface area contributed by atoms with Gasteiger partial charge in [-0.15, -0.1) is 0 Å². The van der Waals surface area contributed by atoms with Crippen LogP contribution >= 0.6 is 0 Å². The average Bonchev–Trinajstić information content (AvgIpc) is 2.21. The largest absolute Gasteiger partial charge is 0.466 e. The molecular weight excluding hydrogens is 235 g/mol. The van der Waals surface area contributed by atoms with Crippen molar-refractivity contribution in [2.45, 2.75) is 26.7 Å². The van der Waals surface area contributed by atoms with Gasteiger partial charge >= 0.3 is 5.97 Å². The van der Waals surface area contributed by atoms with E-state index in [0.29, 0.717) is 0 Å². The average molecular weight is 247 g/mol. The van der Waals surface area contributed by atoms with Gasteiger partial charge in [0, 0.05) is 0 Å². The second-order valence-corrected chi connectivity index (χ2v) is 3.41. The van der Waals surface area contributed by atoms with Gasteiger partial charge < -0.3 is 4.74 Å². The van der Waals surface area contributed by atoms with Crippen LogP contribution in [-0.4, -0.2) is 17.6 Å². The quantitative estimate of drug-likeness (QED) is 0.606. The molecule has 0 saturated heterocycles. The van der Waals surface area contributed by atoms with E-state index in [1.54, 1.807) is 6.92 Å². The zero-order valence-corrected chi connectivity index (χ0v) is 9.47. The van der Waals surface area contributed by atoms with Crippen molar-refractivity contribution >= 4 is 5.97 Å². The van der Waals surface area contributed by atoms with E-state index in [1.165, 1.54) is 6.92 Å². The van der Waals surface area contributed by atoms with Crippen molar-refractivity contribution < 1.29 is 22.7 Å². The third-order valence-electron chi connectivity index (χ3n) is 2.18. The number of alkyl halides is 2. The second-order valence-electron chi connectivity index (χ2n) is 3.41. The van der Waals surface area contributed by atoms with Crippen LogP contribution in [0.25, 0.3) is 0 Å². The molecule has 1 heterocycles. The SMILES string of the molecule is CCOC(=O)Cc1c(C)cc(F)nc1C(F)F. The van der Waals surface area contributed by atoms with Gasteiger partial charge in [0.05, 0.1) is 13.0 Å². The topological polar surface area (TPSA) is 39.2 Å². The summed E-state index contributed by atoms with van der Waals surface area (Å²) in [5.74, 6) is -1.61. The Kier molecular flexibility index (Phi) is 4.48. The zero-order chi connectivity index (χ0) is 13.0. The Balaban J connectivity index is 3.08. The van der Waals surface area contributed by atoms with E-state index in [0.717, 1.165) is 6.07 Å². The van der Waals surface area contributed by atoms with Crippen molar-refractivity contribution in [2.24, 2.45) is 0 Å². The maximum absolute atomic E-state index is 12.9. The summed E-state index contributed by atoms with van der Waals surface area (Å²) in [5.41, 5.74) is -0.406. The van der Waals surface area contributed by atoms with Crippen LogP contribution < -0.4 is 0 Å². The van der Waals surface area contributed by atoms with E-state index in [2.05, 4.69) is 9.72 Å². The molecular formula is C11H12F3NO2. The number of pyridine rings is 1. The minimum Gasteiger partial charge on any atom is -0.466 e. The van der Waals surface area contributed by atoms with Gasteiger partial charge in [0.1, 0.15) is 5.69 Å². The predicted octanol–water partition coefficient (Wildman–Crippen LogP) is 2.57. The van der Waals surface area contributed by atoms with Crippen LogP contribution in [-0.2, 0) is 16.0 Å². The van der Waals surface area contributed by atoms with E-state index in [4.69, 9.17) is 0 Å². The van der Waals surface area contributed by atoms with Gasteiger partial charge in [0.25, 0.3) is 6.43 Å². The monoisotopic (exact) mass is 247 g/mol. The van der Waals surface area contributed by atoms with Gasteiger partial charge in [-0.3, -0.25) is 4.79 Å². The molecule has 0 N–H and O–H groups in total. The summed E-state index contributed by atoms with van der Waals surface area (Å²) in [6.07, 6.45) is -3.25. The fourth-order valence-corrected chi connectivity index (χ4v) is 1.45. The van der Waals surface area contributed by atoms with E-state index < -0.39 is 24.0 Å². The predicted molar refractivity (Wildman–Crippen MR) is 54.2 cm³/mol. The standard InChI is InChI=1S/C11H12F3NO2/c1-3-17-9(16)5-7-6(2)4-8(12)15-10(7)11(13)14/h4,11H,3,5H2,1-2H3. The molecule has 1 aromatic heterocycles. The molecule has 0 amide bonds. The van der Waals surface area contributed by atoms with Gasteiger partial charge in [0.2, 0.25) is 5.95 Å². The smallest absolute Gasteiger partial charge is 0.310 e. The number of esters is 1. The number of hydrogen-bond acceptors (Lipinski definition) is 3. The molecule has 0 saturated carbocycles. The first-order chi connectivity index (χ1) is 7.95. The van der Waals surface area contributed by atoms with E-state index >= 15 is 0 Å². The second kappa shape index (κ2) is 5.65. The fourth-order valence-electron chi connectivity index (χ4n) is 1.45. The molecule has 0 spiro atoms. The maximum atomic E-state index is 12.9. The molecule has 1 rings (SSSR count). The number of aryl methyl sites for hydroxylation is 1. The summed E-state index contributed by atoms with van der Waals surface area (Å²) < 4.78 is 42.8. The molecule has 0 aliphatic carbocycles. The van der Waals surface area contributed by atoms with Crippen LogP contribution in [0.4, 0.5) is 13.2 Å². The van der Waals surface area contributed by atoms with Gasteiger partial charge in [-0.1, -0.05) is 0 Å². The molecule has 6 heteroatoms.